The van der Waals surface area contributed by atoms with Gasteiger partial charge in [0.25, 0.3) is 0 Å². The highest BCUT2D eigenvalue weighted by Gasteiger charge is 2.26. The molecule has 200 valence electrons. The number of hydrogen-bond donors (Lipinski definition) is 1. The molecule has 2 heterocycles. The van der Waals surface area contributed by atoms with E-state index in [4.69, 9.17) is 31.5 Å². The average molecular weight is 539 g/mol. The Morgan fingerprint density at radius 3 is 2.32 bits per heavy atom. The summed E-state index contributed by atoms with van der Waals surface area (Å²) in [4.78, 5) is 32.8. The van der Waals surface area contributed by atoms with E-state index in [1.807, 2.05) is 45.0 Å². The molecule has 1 aromatic heterocycles. The fourth-order valence-corrected chi connectivity index (χ4v) is 4.34. The van der Waals surface area contributed by atoms with E-state index in [1.54, 1.807) is 29.2 Å². The first-order chi connectivity index (χ1) is 18.1. The zero-order valence-corrected chi connectivity index (χ0v) is 22.6. The third kappa shape index (κ3) is 6.28. The van der Waals surface area contributed by atoms with E-state index in [1.165, 1.54) is 13.3 Å². The molecule has 0 bridgehead atoms. The minimum absolute atomic E-state index is 0.125. The van der Waals surface area contributed by atoms with Crippen LogP contribution >= 0.6 is 11.6 Å². The van der Waals surface area contributed by atoms with Crippen LogP contribution in [0.2, 0.25) is 5.02 Å². The first-order valence-electron chi connectivity index (χ1n) is 12.2. The van der Waals surface area contributed by atoms with E-state index in [-0.39, 0.29) is 22.4 Å². The largest absolute Gasteiger partial charge is 0.465 e. The number of esters is 1. The highest BCUT2D eigenvalue weighted by Crippen LogP contribution is 2.37. The van der Waals surface area contributed by atoms with Gasteiger partial charge in [0.2, 0.25) is 0 Å². The van der Waals surface area contributed by atoms with Crippen molar-refractivity contribution in [1.82, 2.24) is 9.88 Å². The summed E-state index contributed by atoms with van der Waals surface area (Å²) in [5.41, 5.74) is 8.19. The Balaban J connectivity index is 1.52. The van der Waals surface area contributed by atoms with Crippen molar-refractivity contribution >= 4 is 35.2 Å². The number of aromatic nitrogens is 1. The lowest BCUT2D eigenvalue weighted by molar-refractivity contribution is 0.0240. The van der Waals surface area contributed by atoms with Crippen LogP contribution in [-0.2, 0) is 9.47 Å². The van der Waals surface area contributed by atoms with Gasteiger partial charge in [0.15, 0.2) is 5.75 Å². The van der Waals surface area contributed by atoms with E-state index in [9.17, 15) is 9.59 Å². The molecule has 0 atom stereocenters. The number of carbonyl (C=O) groups is 2. The minimum Gasteiger partial charge on any atom is -0.465 e. The number of ether oxygens (including phenoxy) is 3. The molecule has 1 aliphatic heterocycles. The van der Waals surface area contributed by atoms with Crippen LogP contribution in [0.1, 0.15) is 31.1 Å². The Hall–Kier alpha value is -3.98. The number of nitrogen functional groups attached to an aromatic ring is 1. The molecule has 1 saturated heterocycles. The van der Waals surface area contributed by atoms with Gasteiger partial charge in [0.05, 0.1) is 18.3 Å². The predicted molar refractivity (Wildman–Crippen MR) is 147 cm³/mol. The molecule has 38 heavy (non-hydrogen) atoms. The van der Waals surface area contributed by atoms with Crippen LogP contribution in [0.5, 0.6) is 11.5 Å². The van der Waals surface area contributed by atoms with Crippen molar-refractivity contribution in [3.8, 4) is 22.6 Å². The van der Waals surface area contributed by atoms with E-state index in [0.717, 1.165) is 11.3 Å². The topological polar surface area (TPSA) is 107 Å². The summed E-state index contributed by atoms with van der Waals surface area (Å²) in [6.07, 6.45) is 1.22. The summed E-state index contributed by atoms with van der Waals surface area (Å²) in [7, 11) is 1.28. The maximum atomic E-state index is 12.4. The fourth-order valence-electron chi connectivity index (χ4n) is 4.10. The van der Waals surface area contributed by atoms with Crippen LogP contribution in [0.15, 0.2) is 54.7 Å². The number of benzene rings is 2. The van der Waals surface area contributed by atoms with Crippen LogP contribution < -0.4 is 15.4 Å². The zero-order chi connectivity index (χ0) is 27.4. The molecule has 0 aliphatic carbocycles. The summed E-state index contributed by atoms with van der Waals surface area (Å²) < 4.78 is 16.5. The molecule has 2 N–H and O–H groups in total. The van der Waals surface area contributed by atoms with Crippen LogP contribution in [0.3, 0.4) is 0 Å². The third-order valence-electron chi connectivity index (χ3n) is 5.95. The van der Waals surface area contributed by atoms with E-state index in [2.05, 4.69) is 9.88 Å². The molecular weight excluding hydrogens is 508 g/mol. The Bertz CT molecular complexity index is 1320. The van der Waals surface area contributed by atoms with Crippen molar-refractivity contribution in [2.75, 3.05) is 43.9 Å². The van der Waals surface area contributed by atoms with Crippen molar-refractivity contribution < 1.29 is 23.8 Å². The van der Waals surface area contributed by atoms with E-state index < -0.39 is 11.6 Å². The van der Waals surface area contributed by atoms with Gasteiger partial charge < -0.3 is 29.7 Å². The van der Waals surface area contributed by atoms with Crippen LogP contribution in [-0.4, -0.2) is 60.8 Å². The first-order valence-corrected chi connectivity index (χ1v) is 12.6. The van der Waals surface area contributed by atoms with Gasteiger partial charge in [-0.15, -0.1) is 0 Å². The standard InChI is InChI=1S/C28H31ClN4O5/c1-28(2,3)38-27(35)33-14-12-32(13-15-33)19-10-8-18(9-11-19)20-16-24(30)31-17-23(20)37-22-7-5-6-21(29)25(22)26(34)36-4/h5-11,16-17H,12-15H2,1-4H3,(H2,30,31). The monoisotopic (exact) mass is 538 g/mol. The number of halogens is 1. The second kappa shape index (κ2) is 11.2. The molecule has 0 spiro atoms. The van der Waals surface area contributed by atoms with Crippen LogP contribution in [0.25, 0.3) is 11.1 Å². The Kier molecular flexibility index (Phi) is 7.97. The lowest BCUT2D eigenvalue weighted by atomic mass is 10.0. The molecule has 10 heteroatoms. The van der Waals surface area contributed by atoms with Gasteiger partial charge in [-0.25, -0.2) is 14.6 Å². The minimum atomic E-state index is -0.605. The van der Waals surface area contributed by atoms with Crippen molar-refractivity contribution in [2.24, 2.45) is 0 Å². The van der Waals surface area contributed by atoms with Gasteiger partial charge >= 0.3 is 12.1 Å². The quantitative estimate of drug-likeness (QED) is 0.417. The number of amides is 1. The van der Waals surface area contributed by atoms with Gasteiger partial charge in [0, 0.05) is 37.4 Å². The van der Waals surface area contributed by atoms with Crippen molar-refractivity contribution in [2.45, 2.75) is 26.4 Å². The molecule has 4 rings (SSSR count). The second-order valence-corrected chi connectivity index (χ2v) is 10.2. The number of methoxy groups -OCH3 is 1. The summed E-state index contributed by atoms with van der Waals surface area (Å²) >= 11 is 6.25. The number of nitrogens with two attached hydrogens (primary N) is 1. The summed E-state index contributed by atoms with van der Waals surface area (Å²) in [5, 5.41) is 0.218. The Morgan fingerprint density at radius 1 is 1.00 bits per heavy atom. The second-order valence-electron chi connectivity index (χ2n) is 9.81. The number of piperazine rings is 1. The molecule has 0 saturated carbocycles. The molecule has 3 aromatic rings. The van der Waals surface area contributed by atoms with Crippen molar-refractivity contribution in [3.05, 3.63) is 65.3 Å². The molecule has 9 nitrogen and oxygen atoms in total. The van der Waals surface area contributed by atoms with Gasteiger partial charge in [-0.2, -0.15) is 0 Å². The predicted octanol–water partition coefficient (Wildman–Crippen LogP) is 5.62. The third-order valence-corrected chi connectivity index (χ3v) is 6.26. The Labute approximate surface area is 227 Å². The smallest absolute Gasteiger partial charge is 0.410 e. The van der Waals surface area contributed by atoms with Crippen molar-refractivity contribution in [1.29, 1.82) is 0 Å². The first kappa shape index (κ1) is 27.1. The van der Waals surface area contributed by atoms with Crippen molar-refractivity contribution in [3.63, 3.8) is 0 Å². The summed E-state index contributed by atoms with van der Waals surface area (Å²) in [6, 6.07) is 14.6. The normalized spacial score (nSPS) is 13.7. The zero-order valence-electron chi connectivity index (χ0n) is 21.9. The molecule has 1 amide bonds. The molecular formula is C28H31ClN4O5. The van der Waals surface area contributed by atoms with Gasteiger partial charge in [0.1, 0.15) is 22.7 Å². The number of carbonyl (C=O) groups excluding carboxylic acids is 2. The maximum absolute atomic E-state index is 12.4. The lowest BCUT2D eigenvalue weighted by Gasteiger charge is -2.36. The summed E-state index contributed by atoms with van der Waals surface area (Å²) in [6.45, 7) is 8.14. The van der Waals surface area contributed by atoms with Gasteiger partial charge in [-0.05, 0) is 56.7 Å². The Morgan fingerprint density at radius 2 is 1.68 bits per heavy atom. The highest BCUT2D eigenvalue weighted by atomic mass is 35.5. The number of rotatable bonds is 5. The van der Waals surface area contributed by atoms with Gasteiger partial charge in [-0.3, -0.25) is 0 Å². The molecule has 1 aliphatic rings. The lowest BCUT2D eigenvalue weighted by Crippen LogP contribution is -2.50. The number of pyridine rings is 1. The average Bonchev–Trinajstić information content (AvgIpc) is 2.88. The highest BCUT2D eigenvalue weighted by molar-refractivity contribution is 6.34. The number of hydrogen-bond acceptors (Lipinski definition) is 8. The van der Waals surface area contributed by atoms with Crippen LogP contribution in [0, 0.1) is 0 Å². The number of anilines is 2. The molecule has 0 radical (unpaired) electrons. The van der Waals surface area contributed by atoms with Crippen LogP contribution in [0.4, 0.5) is 16.3 Å². The maximum Gasteiger partial charge on any atom is 0.410 e. The molecule has 1 fully saturated rings. The summed E-state index contributed by atoms with van der Waals surface area (Å²) in [5.74, 6) is 0.377. The fraction of sp³-hybridized carbons (Fsp3) is 0.321. The SMILES string of the molecule is COC(=O)c1c(Cl)cccc1Oc1cnc(N)cc1-c1ccc(N2CCN(C(=O)OC(C)(C)C)CC2)cc1. The number of nitrogens with zero attached hydrogens (tertiary/aromatic N) is 3. The molecule has 0 unspecified atom stereocenters. The van der Waals surface area contributed by atoms with Gasteiger partial charge in [-0.1, -0.05) is 29.8 Å². The van der Waals surface area contributed by atoms with E-state index in [0.29, 0.717) is 43.3 Å². The molecule has 2 aromatic carbocycles. The van der Waals surface area contributed by atoms with E-state index >= 15 is 0 Å².